The third-order valence-corrected chi connectivity index (χ3v) is 5.91. The van der Waals surface area contributed by atoms with Crippen LogP contribution in [-0.4, -0.2) is 34.2 Å². The van der Waals surface area contributed by atoms with E-state index in [1.165, 1.54) is 10.8 Å². The molecule has 5 nitrogen and oxygen atoms in total. The molecule has 2 aromatic carbocycles. The van der Waals surface area contributed by atoms with Crippen LogP contribution in [0.5, 0.6) is 0 Å². The average molecular weight is 366 g/mol. The zero-order chi connectivity index (χ0) is 17.9. The van der Waals surface area contributed by atoms with Crippen molar-refractivity contribution in [3.8, 4) is 0 Å². The molecule has 1 atom stereocenters. The topological polar surface area (TPSA) is 58.1 Å². The molecule has 1 aliphatic heterocycles. The van der Waals surface area contributed by atoms with Crippen molar-refractivity contribution in [1.29, 1.82) is 0 Å². The first-order valence-electron chi connectivity index (χ1n) is 9.00. The Morgan fingerprint density at radius 1 is 1.23 bits per heavy atom. The van der Waals surface area contributed by atoms with E-state index in [1.54, 1.807) is 11.3 Å². The fourth-order valence-electron chi connectivity index (χ4n) is 3.57. The predicted octanol–water partition coefficient (Wildman–Crippen LogP) is 4.09. The molecule has 26 heavy (non-hydrogen) atoms. The number of hydrogen-bond acceptors (Lipinski definition) is 4. The molecular weight excluding hydrogens is 344 g/mol. The molecule has 1 aromatic heterocycles. The minimum atomic E-state index is 0.00358. The minimum Gasteiger partial charge on any atom is -0.334 e. The van der Waals surface area contributed by atoms with Crippen LogP contribution in [0.4, 0.5) is 4.79 Å². The van der Waals surface area contributed by atoms with Gasteiger partial charge in [0.1, 0.15) is 10.0 Å². The van der Waals surface area contributed by atoms with E-state index in [9.17, 15) is 4.79 Å². The van der Waals surface area contributed by atoms with Gasteiger partial charge in [0.25, 0.3) is 0 Å². The number of nitrogens with one attached hydrogen (secondary N) is 1. The summed E-state index contributed by atoms with van der Waals surface area (Å²) in [4.78, 5) is 14.6. The lowest BCUT2D eigenvalue weighted by Gasteiger charge is -2.31. The molecule has 3 aromatic rings. The number of nitrogens with zero attached hydrogens (tertiary/aromatic N) is 3. The molecule has 1 fully saturated rings. The molecule has 2 heterocycles. The highest BCUT2D eigenvalue weighted by Gasteiger charge is 2.26. The van der Waals surface area contributed by atoms with Gasteiger partial charge in [-0.05, 0) is 36.1 Å². The molecule has 6 heteroatoms. The second kappa shape index (κ2) is 7.41. The lowest BCUT2D eigenvalue weighted by Crippen LogP contribution is -2.44. The summed E-state index contributed by atoms with van der Waals surface area (Å²) in [6, 6.07) is 14.5. The lowest BCUT2D eigenvalue weighted by molar-refractivity contribution is 0.179. The number of hydrogen-bond donors (Lipinski definition) is 1. The summed E-state index contributed by atoms with van der Waals surface area (Å²) in [6.45, 7) is 4.03. The number of urea groups is 1. The van der Waals surface area contributed by atoms with Crippen LogP contribution in [0, 0.1) is 6.92 Å². The molecular formula is C20H22N4OS. The third kappa shape index (κ3) is 3.55. The fraction of sp³-hybridized carbons (Fsp3) is 0.350. The van der Waals surface area contributed by atoms with Gasteiger partial charge in [-0.15, -0.1) is 21.5 Å². The van der Waals surface area contributed by atoms with Crippen LogP contribution in [0.1, 0.15) is 34.3 Å². The maximum absolute atomic E-state index is 12.7. The van der Waals surface area contributed by atoms with Gasteiger partial charge in [0.15, 0.2) is 0 Å². The molecule has 0 unspecified atom stereocenters. The standard InChI is InChI=1S/C20H22N4OS/c1-14-22-23-19(26-14)17-9-5-11-24(13-17)20(25)21-12-16-8-4-7-15-6-2-3-10-18(15)16/h2-4,6-8,10,17H,5,9,11-13H2,1H3,(H,21,25)/t17-/m0/s1. The van der Waals surface area contributed by atoms with Crippen molar-refractivity contribution < 1.29 is 4.79 Å². The lowest BCUT2D eigenvalue weighted by atomic mass is 9.99. The van der Waals surface area contributed by atoms with E-state index in [1.807, 2.05) is 30.0 Å². The first kappa shape index (κ1) is 17.0. The Morgan fingerprint density at radius 3 is 2.92 bits per heavy atom. The predicted molar refractivity (Wildman–Crippen MR) is 104 cm³/mol. The van der Waals surface area contributed by atoms with Crippen LogP contribution in [0.25, 0.3) is 10.8 Å². The van der Waals surface area contributed by atoms with Gasteiger partial charge in [-0.1, -0.05) is 42.5 Å². The van der Waals surface area contributed by atoms with E-state index in [0.717, 1.165) is 41.5 Å². The summed E-state index contributed by atoms with van der Waals surface area (Å²) < 4.78 is 0. The van der Waals surface area contributed by atoms with Gasteiger partial charge in [-0.3, -0.25) is 0 Å². The number of carbonyl (C=O) groups excluding carboxylic acids is 1. The smallest absolute Gasteiger partial charge is 0.317 e. The van der Waals surface area contributed by atoms with Gasteiger partial charge in [0.2, 0.25) is 0 Å². The Bertz CT molecular complexity index is 918. The zero-order valence-corrected chi connectivity index (χ0v) is 15.6. The summed E-state index contributed by atoms with van der Waals surface area (Å²) in [5, 5.41) is 15.9. The van der Waals surface area contributed by atoms with Gasteiger partial charge in [0, 0.05) is 25.6 Å². The first-order chi connectivity index (χ1) is 12.7. The van der Waals surface area contributed by atoms with E-state index in [4.69, 9.17) is 0 Å². The second-order valence-electron chi connectivity index (χ2n) is 6.74. The van der Waals surface area contributed by atoms with Crippen molar-refractivity contribution in [3.63, 3.8) is 0 Å². The Kier molecular flexibility index (Phi) is 4.84. The number of likely N-dealkylation sites (tertiary alicyclic amines) is 1. The molecule has 1 N–H and O–H groups in total. The van der Waals surface area contributed by atoms with Crippen LogP contribution in [0.2, 0.25) is 0 Å². The van der Waals surface area contributed by atoms with Crippen LogP contribution in [-0.2, 0) is 6.54 Å². The van der Waals surface area contributed by atoms with Gasteiger partial charge >= 0.3 is 6.03 Å². The highest BCUT2D eigenvalue weighted by molar-refractivity contribution is 7.11. The average Bonchev–Trinajstić information content (AvgIpc) is 3.12. The summed E-state index contributed by atoms with van der Waals surface area (Å²) >= 11 is 1.64. The van der Waals surface area contributed by atoms with E-state index in [-0.39, 0.29) is 6.03 Å². The molecule has 0 aliphatic carbocycles. The quantitative estimate of drug-likeness (QED) is 0.759. The number of benzene rings is 2. The van der Waals surface area contributed by atoms with Crippen molar-refractivity contribution >= 4 is 28.1 Å². The maximum atomic E-state index is 12.7. The van der Waals surface area contributed by atoms with Gasteiger partial charge < -0.3 is 10.2 Å². The van der Waals surface area contributed by atoms with E-state index in [2.05, 4.69) is 39.8 Å². The number of rotatable bonds is 3. The number of aryl methyl sites for hydroxylation is 1. The van der Waals surface area contributed by atoms with Crippen LogP contribution < -0.4 is 5.32 Å². The Morgan fingerprint density at radius 2 is 2.08 bits per heavy atom. The van der Waals surface area contributed by atoms with Crippen molar-refractivity contribution in [2.45, 2.75) is 32.2 Å². The van der Waals surface area contributed by atoms with Crippen molar-refractivity contribution in [2.24, 2.45) is 0 Å². The highest BCUT2D eigenvalue weighted by Crippen LogP contribution is 2.29. The molecule has 0 radical (unpaired) electrons. The molecule has 2 amide bonds. The van der Waals surface area contributed by atoms with E-state index < -0.39 is 0 Å². The first-order valence-corrected chi connectivity index (χ1v) is 9.82. The summed E-state index contributed by atoms with van der Waals surface area (Å²) in [6.07, 6.45) is 2.08. The Hall–Kier alpha value is -2.47. The number of fused-ring (bicyclic) bond motifs is 1. The molecule has 0 saturated carbocycles. The second-order valence-corrected chi connectivity index (χ2v) is 7.95. The van der Waals surface area contributed by atoms with Gasteiger partial charge in [-0.2, -0.15) is 0 Å². The molecule has 1 saturated heterocycles. The van der Waals surface area contributed by atoms with Gasteiger partial charge in [-0.25, -0.2) is 4.79 Å². The van der Waals surface area contributed by atoms with Crippen LogP contribution in [0.15, 0.2) is 42.5 Å². The summed E-state index contributed by atoms with van der Waals surface area (Å²) in [7, 11) is 0. The maximum Gasteiger partial charge on any atom is 0.317 e. The number of piperidine rings is 1. The van der Waals surface area contributed by atoms with Crippen molar-refractivity contribution in [3.05, 3.63) is 58.0 Å². The van der Waals surface area contributed by atoms with Crippen LogP contribution >= 0.6 is 11.3 Å². The number of amides is 2. The monoisotopic (exact) mass is 366 g/mol. The van der Waals surface area contributed by atoms with Crippen molar-refractivity contribution in [1.82, 2.24) is 20.4 Å². The van der Waals surface area contributed by atoms with Crippen molar-refractivity contribution in [2.75, 3.05) is 13.1 Å². The summed E-state index contributed by atoms with van der Waals surface area (Å²) in [5.74, 6) is 0.304. The summed E-state index contributed by atoms with van der Waals surface area (Å²) in [5.41, 5.74) is 1.14. The number of carbonyl (C=O) groups is 1. The molecule has 134 valence electrons. The Balaban J connectivity index is 1.41. The highest BCUT2D eigenvalue weighted by atomic mass is 32.1. The minimum absolute atomic E-state index is 0.00358. The fourth-order valence-corrected chi connectivity index (χ4v) is 4.39. The number of aromatic nitrogens is 2. The zero-order valence-electron chi connectivity index (χ0n) is 14.8. The normalized spacial score (nSPS) is 17.4. The Labute approximate surface area is 157 Å². The SMILES string of the molecule is Cc1nnc([C@H]2CCCN(C(=O)NCc3cccc4ccccc34)C2)s1. The largest absolute Gasteiger partial charge is 0.334 e. The molecule has 4 rings (SSSR count). The van der Waals surface area contributed by atoms with E-state index in [0.29, 0.717) is 12.5 Å². The third-order valence-electron chi connectivity index (χ3n) is 4.91. The molecule has 0 spiro atoms. The van der Waals surface area contributed by atoms with Gasteiger partial charge in [0.05, 0.1) is 0 Å². The van der Waals surface area contributed by atoms with E-state index >= 15 is 0 Å². The molecule has 1 aliphatic rings. The molecule has 0 bridgehead atoms. The van der Waals surface area contributed by atoms with Crippen LogP contribution in [0.3, 0.4) is 0 Å².